The van der Waals surface area contributed by atoms with Gasteiger partial charge in [-0.2, -0.15) is 0 Å². The quantitative estimate of drug-likeness (QED) is 0.305. The molecule has 0 heterocycles. The number of rotatable bonds is 14. The Hall–Kier alpha value is -3.65. The van der Waals surface area contributed by atoms with E-state index in [4.69, 9.17) is 0 Å². The molecule has 0 bridgehead atoms. The van der Waals surface area contributed by atoms with E-state index in [9.17, 15) is 18.0 Å². The molecule has 0 aromatic heterocycles. The van der Waals surface area contributed by atoms with Crippen molar-refractivity contribution in [3.05, 3.63) is 96.6 Å². The molecule has 38 heavy (non-hydrogen) atoms. The molecule has 1 N–H and O–H groups in total. The first-order valence-electron chi connectivity index (χ1n) is 13.1. The molecule has 1 atom stereocenters. The Labute approximate surface area is 226 Å². The minimum Gasteiger partial charge on any atom is -0.354 e. The lowest BCUT2D eigenvalue weighted by Crippen LogP contribution is -2.53. The Balaban J connectivity index is 1.94. The van der Waals surface area contributed by atoms with E-state index in [0.29, 0.717) is 25.1 Å². The van der Waals surface area contributed by atoms with Crippen molar-refractivity contribution in [2.45, 2.75) is 50.5 Å². The van der Waals surface area contributed by atoms with Crippen LogP contribution in [0.25, 0.3) is 0 Å². The van der Waals surface area contributed by atoms with Gasteiger partial charge in [-0.15, -0.1) is 0 Å². The van der Waals surface area contributed by atoms with Gasteiger partial charge in [-0.3, -0.25) is 13.9 Å². The lowest BCUT2D eigenvalue weighted by molar-refractivity contribution is -0.139. The minimum absolute atomic E-state index is 0.0943. The van der Waals surface area contributed by atoms with Crippen LogP contribution in [0.1, 0.15) is 38.7 Å². The summed E-state index contributed by atoms with van der Waals surface area (Å²) < 4.78 is 28.5. The number of benzene rings is 3. The fraction of sp³-hybridized carbons (Fsp3) is 0.333. The number of hydrogen-bond acceptors (Lipinski definition) is 4. The van der Waals surface area contributed by atoms with Crippen LogP contribution in [0, 0.1) is 0 Å². The smallest absolute Gasteiger partial charge is 0.264 e. The summed E-state index contributed by atoms with van der Waals surface area (Å²) in [4.78, 5) is 28.7. The number of anilines is 1. The number of nitrogens with zero attached hydrogens (tertiary/aromatic N) is 2. The molecular weight excluding hydrogens is 498 g/mol. The Bertz CT molecular complexity index is 1250. The highest BCUT2D eigenvalue weighted by atomic mass is 32.2. The van der Waals surface area contributed by atoms with Gasteiger partial charge in [-0.1, -0.05) is 87.0 Å². The molecule has 0 spiro atoms. The van der Waals surface area contributed by atoms with Crippen LogP contribution in [0.2, 0.25) is 0 Å². The van der Waals surface area contributed by atoms with Crippen molar-refractivity contribution >= 4 is 27.5 Å². The van der Waals surface area contributed by atoms with Gasteiger partial charge in [0.05, 0.1) is 10.6 Å². The van der Waals surface area contributed by atoms with Gasteiger partial charge in [-0.05, 0) is 49.1 Å². The highest BCUT2D eigenvalue weighted by Gasteiger charge is 2.33. The number of carbonyl (C=O) groups is 2. The number of hydrogen-bond donors (Lipinski definition) is 1. The number of amides is 2. The predicted molar refractivity (Wildman–Crippen MR) is 151 cm³/mol. The van der Waals surface area contributed by atoms with Crippen LogP contribution in [-0.4, -0.2) is 50.8 Å². The molecule has 7 nitrogen and oxygen atoms in total. The van der Waals surface area contributed by atoms with Gasteiger partial charge in [0.2, 0.25) is 11.8 Å². The Morgan fingerprint density at radius 1 is 0.842 bits per heavy atom. The standard InChI is InChI=1S/C30H37N3O4S/c1-3-5-22-31-30(35)28(4-2)32(23-21-25-15-9-6-10-16-25)29(34)24-33(26-17-11-7-12-18-26)38(36,37)27-19-13-8-14-20-27/h6-20,28H,3-5,21-24H2,1-2H3,(H,31,35)/t28-/m1/s1. The van der Waals surface area contributed by atoms with Gasteiger partial charge in [0.1, 0.15) is 12.6 Å². The average Bonchev–Trinajstić information content (AvgIpc) is 2.95. The van der Waals surface area contributed by atoms with Gasteiger partial charge < -0.3 is 10.2 Å². The number of carbonyl (C=O) groups excluding carboxylic acids is 2. The SMILES string of the molecule is CCCCNC(=O)[C@@H](CC)N(CCc1ccccc1)C(=O)CN(c1ccccc1)S(=O)(=O)c1ccccc1. The molecule has 3 aromatic rings. The van der Waals surface area contributed by atoms with Crippen LogP contribution in [0.5, 0.6) is 0 Å². The van der Waals surface area contributed by atoms with Crippen molar-refractivity contribution in [2.24, 2.45) is 0 Å². The zero-order chi connectivity index (χ0) is 27.4. The van der Waals surface area contributed by atoms with Crippen molar-refractivity contribution < 1.29 is 18.0 Å². The molecule has 0 saturated heterocycles. The van der Waals surface area contributed by atoms with E-state index in [1.54, 1.807) is 48.5 Å². The maximum absolute atomic E-state index is 13.9. The second-order valence-corrected chi connectivity index (χ2v) is 10.9. The molecule has 8 heteroatoms. The number of unbranched alkanes of at least 4 members (excludes halogenated alkanes) is 1. The fourth-order valence-electron chi connectivity index (χ4n) is 4.24. The first kappa shape index (κ1) is 28.9. The summed E-state index contributed by atoms with van der Waals surface area (Å²) in [5.41, 5.74) is 1.41. The van der Waals surface area contributed by atoms with Crippen LogP contribution >= 0.6 is 0 Å². The van der Waals surface area contributed by atoms with Crippen molar-refractivity contribution in [2.75, 3.05) is 23.9 Å². The Kier molecular flexibility index (Phi) is 10.9. The maximum atomic E-state index is 13.9. The normalized spacial score (nSPS) is 11.9. The average molecular weight is 536 g/mol. The molecular formula is C30H37N3O4S. The van der Waals surface area contributed by atoms with Gasteiger partial charge >= 0.3 is 0 Å². The number of para-hydroxylation sites is 1. The molecule has 0 unspecified atom stereocenters. The first-order chi connectivity index (χ1) is 18.4. The monoisotopic (exact) mass is 535 g/mol. The molecule has 0 fully saturated rings. The van der Waals surface area contributed by atoms with E-state index >= 15 is 0 Å². The van der Waals surface area contributed by atoms with E-state index in [1.807, 2.05) is 44.2 Å². The van der Waals surface area contributed by atoms with Crippen molar-refractivity contribution in [1.82, 2.24) is 10.2 Å². The summed E-state index contributed by atoms with van der Waals surface area (Å²) in [5, 5.41) is 2.94. The van der Waals surface area contributed by atoms with Crippen molar-refractivity contribution in [3.8, 4) is 0 Å². The molecule has 0 aliphatic carbocycles. The van der Waals surface area contributed by atoms with Crippen LogP contribution in [0.15, 0.2) is 95.9 Å². The van der Waals surface area contributed by atoms with Gasteiger partial charge in [-0.25, -0.2) is 8.42 Å². The third-order valence-corrected chi connectivity index (χ3v) is 8.14. The Morgan fingerprint density at radius 2 is 1.42 bits per heavy atom. The molecule has 0 saturated carbocycles. The predicted octanol–water partition coefficient (Wildman–Crippen LogP) is 4.65. The molecule has 3 aromatic carbocycles. The zero-order valence-electron chi connectivity index (χ0n) is 22.1. The van der Waals surface area contributed by atoms with E-state index in [1.165, 1.54) is 17.0 Å². The summed E-state index contributed by atoms with van der Waals surface area (Å²) in [5.74, 6) is -0.652. The van der Waals surface area contributed by atoms with E-state index in [-0.39, 0.29) is 17.3 Å². The summed E-state index contributed by atoms with van der Waals surface area (Å²) in [6.07, 6.45) is 2.74. The molecule has 3 rings (SSSR count). The third kappa shape index (κ3) is 7.68. The minimum atomic E-state index is -4.03. The first-order valence-corrected chi connectivity index (χ1v) is 14.6. The van der Waals surface area contributed by atoms with Gasteiger partial charge in [0, 0.05) is 13.1 Å². The molecule has 0 aliphatic rings. The highest BCUT2D eigenvalue weighted by Crippen LogP contribution is 2.24. The topological polar surface area (TPSA) is 86.8 Å². The van der Waals surface area contributed by atoms with E-state index in [2.05, 4.69) is 5.32 Å². The lowest BCUT2D eigenvalue weighted by Gasteiger charge is -2.33. The molecule has 0 aliphatic heterocycles. The number of sulfonamides is 1. The highest BCUT2D eigenvalue weighted by molar-refractivity contribution is 7.92. The molecule has 202 valence electrons. The second-order valence-electron chi connectivity index (χ2n) is 9.05. The molecule has 2 amide bonds. The van der Waals surface area contributed by atoms with Gasteiger partial charge in [0.15, 0.2) is 0 Å². The zero-order valence-corrected chi connectivity index (χ0v) is 22.9. The van der Waals surface area contributed by atoms with Gasteiger partial charge in [0.25, 0.3) is 10.0 Å². The van der Waals surface area contributed by atoms with E-state index < -0.39 is 28.5 Å². The number of nitrogens with one attached hydrogen (secondary N) is 1. The van der Waals surface area contributed by atoms with E-state index in [0.717, 1.165) is 22.7 Å². The van der Waals surface area contributed by atoms with Crippen LogP contribution in [-0.2, 0) is 26.0 Å². The summed E-state index contributed by atoms with van der Waals surface area (Å²) in [7, 11) is -4.03. The van der Waals surface area contributed by atoms with Crippen LogP contribution in [0.3, 0.4) is 0 Å². The third-order valence-electron chi connectivity index (χ3n) is 6.35. The van der Waals surface area contributed by atoms with Crippen LogP contribution < -0.4 is 9.62 Å². The fourth-order valence-corrected chi connectivity index (χ4v) is 5.68. The van der Waals surface area contributed by atoms with Crippen molar-refractivity contribution in [1.29, 1.82) is 0 Å². The molecule has 0 radical (unpaired) electrons. The lowest BCUT2D eigenvalue weighted by atomic mass is 10.1. The maximum Gasteiger partial charge on any atom is 0.264 e. The van der Waals surface area contributed by atoms with Crippen molar-refractivity contribution in [3.63, 3.8) is 0 Å². The summed E-state index contributed by atoms with van der Waals surface area (Å²) in [6, 6.07) is 25.7. The van der Waals surface area contributed by atoms with Crippen LogP contribution in [0.4, 0.5) is 5.69 Å². The summed E-state index contributed by atoms with van der Waals surface area (Å²) >= 11 is 0. The second kappa shape index (κ2) is 14.3. The largest absolute Gasteiger partial charge is 0.354 e. The summed E-state index contributed by atoms with van der Waals surface area (Å²) in [6.45, 7) is 4.31. The Morgan fingerprint density at radius 3 is 2.00 bits per heavy atom.